The molecule has 0 unspecified atom stereocenters. The van der Waals surface area contributed by atoms with E-state index in [0.717, 1.165) is 15.9 Å². The molecule has 2 heterocycles. The number of benzene rings is 1. The molecule has 2 aromatic heterocycles. The minimum atomic E-state index is 0.550. The van der Waals surface area contributed by atoms with E-state index in [1.54, 1.807) is 13.2 Å². The third-order valence-electron chi connectivity index (χ3n) is 2.55. The van der Waals surface area contributed by atoms with E-state index in [-0.39, 0.29) is 0 Å². The molecule has 0 saturated carbocycles. The molecule has 1 N–H and O–H groups in total. The largest absolute Gasteiger partial charge is 0.493 e. The normalized spacial score (nSPS) is 10.7. The van der Waals surface area contributed by atoms with Gasteiger partial charge in [0.25, 0.3) is 0 Å². The summed E-state index contributed by atoms with van der Waals surface area (Å²) in [7, 11) is 1.57. The van der Waals surface area contributed by atoms with Crippen molar-refractivity contribution in [1.29, 1.82) is 0 Å². The molecule has 0 aliphatic carbocycles. The highest BCUT2D eigenvalue weighted by molar-refractivity contribution is 9.06. The van der Waals surface area contributed by atoms with Gasteiger partial charge < -0.3 is 8.57 Å². The molecule has 0 atom stereocenters. The van der Waals surface area contributed by atoms with Crippen molar-refractivity contribution in [2.24, 2.45) is 0 Å². The summed E-state index contributed by atoms with van der Waals surface area (Å²) in [6.07, 6.45) is 2.94. The number of fused-ring (bicyclic) bond motifs is 1. The van der Waals surface area contributed by atoms with Crippen LogP contribution in [-0.2, 0) is 0 Å². The predicted molar refractivity (Wildman–Crippen MR) is 76.2 cm³/mol. The maximum Gasteiger partial charge on any atom is 0.189 e. The average molecular weight is 354 g/mol. The second kappa shape index (κ2) is 5.63. The van der Waals surface area contributed by atoms with Gasteiger partial charge in [-0.3, -0.25) is 5.10 Å². The molecule has 1 aromatic carbocycles. The fraction of sp³-hybridized carbons (Fsp3) is 0.0909. The van der Waals surface area contributed by atoms with E-state index >= 15 is 0 Å². The van der Waals surface area contributed by atoms with E-state index in [9.17, 15) is 0 Å². The SMILES string of the molecule is COc1cc2c(Sc3ncn[nH]3)ncnc2cc1OBr. The van der Waals surface area contributed by atoms with Crippen molar-refractivity contribution in [2.75, 3.05) is 7.11 Å². The Bertz CT molecular complexity index is 737. The number of halogens is 1. The van der Waals surface area contributed by atoms with Crippen molar-refractivity contribution in [3.05, 3.63) is 24.8 Å². The quantitative estimate of drug-likeness (QED) is 0.721. The highest BCUT2D eigenvalue weighted by atomic mass is 79.9. The molecule has 0 amide bonds. The maximum atomic E-state index is 5.28. The van der Waals surface area contributed by atoms with Crippen LogP contribution in [-0.4, -0.2) is 32.3 Å². The van der Waals surface area contributed by atoms with Crippen molar-refractivity contribution in [3.63, 3.8) is 0 Å². The Morgan fingerprint density at radius 2 is 2.05 bits per heavy atom. The van der Waals surface area contributed by atoms with Crippen molar-refractivity contribution in [1.82, 2.24) is 25.1 Å². The molecule has 0 saturated heterocycles. The van der Waals surface area contributed by atoms with Gasteiger partial charge in [0.05, 0.1) is 12.6 Å². The monoisotopic (exact) mass is 353 g/mol. The van der Waals surface area contributed by atoms with Crippen molar-refractivity contribution < 1.29 is 8.57 Å². The number of H-pyrrole nitrogens is 1. The number of ether oxygens (including phenoxy) is 1. The highest BCUT2D eigenvalue weighted by Crippen LogP contribution is 2.36. The van der Waals surface area contributed by atoms with Gasteiger partial charge in [0, 0.05) is 11.5 Å². The fourth-order valence-electron chi connectivity index (χ4n) is 1.68. The van der Waals surface area contributed by atoms with E-state index in [4.69, 9.17) is 8.57 Å². The lowest BCUT2D eigenvalue weighted by Gasteiger charge is -2.08. The summed E-state index contributed by atoms with van der Waals surface area (Å²) in [6, 6.07) is 3.60. The number of methoxy groups -OCH3 is 1. The van der Waals surface area contributed by atoms with Crippen LogP contribution in [0.1, 0.15) is 0 Å². The Labute approximate surface area is 126 Å². The second-order valence-electron chi connectivity index (χ2n) is 3.67. The van der Waals surface area contributed by atoms with Crippen LogP contribution >= 0.6 is 28.0 Å². The lowest BCUT2D eigenvalue weighted by Crippen LogP contribution is -1.92. The molecule has 3 rings (SSSR count). The summed E-state index contributed by atoms with van der Waals surface area (Å²) in [5.41, 5.74) is 0.747. The van der Waals surface area contributed by atoms with Crippen molar-refractivity contribution in [2.45, 2.75) is 10.2 Å². The minimum absolute atomic E-state index is 0.550. The fourth-order valence-corrected chi connectivity index (χ4v) is 2.68. The molecule has 0 spiro atoms. The van der Waals surface area contributed by atoms with Crippen LogP contribution in [0, 0.1) is 0 Å². The minimum Gasteiger partial charge on any atom is -0.493 e. The van der Waals surface area contributed by atoms with Crippen LogP contribution in [0.5, 0.6) is 11.5 Å². The third-order valence-corrected chi connectivity index (χ3v) is 3.81. The average Bonchev–Trinajstić information content (AvgIpc) is 2.99. The van der Waals surface area contributed by atoms with Gasteiger partial charge in [0.1, 0.15) is 17.7 Å². The zero-order valence-corrected chi connectivity index (χ0v) is 12.6. The molecule has 0 aliphatic rings. The number of nitrogens with one attached hydrogen (secondary N) is 1. The van der Waals surface area contributed by atoms with Gasteiger partial charge in [-0.25, -0.2) is 15.0 Å². The first kappa shape index (κ1) is 13.1. The Morgan fingerprint density at radius 1 is 1.15 bits per heavy atom. The standard InChI is InChI=1S/C11H8BrN5O2S/c1-18-8-2-6-7(3-9(8)19-12)13-4-14-10(6)20-11-15-5-16-17-11/h2-5H,1H3,(H,15,16,17). The Kier molecular flexibility index (Phi) is 3.70. The first-order chi connectivity index (χ1) is 9.81. The topological polar surface area (TPSA) is 85.8 Å². The number of aromatic amines is 1. The third kappa shape index (κ3) is 2.41. The van der Waals surface area contributed by atoms with E-state index < -0.39 is 0 Å². The zero-order chi connectivity index (χ0) is 13.9. The van der Waals surface area contributed by atoms with Crippen LogP contribution < -0.4 is 8.57 Å². The van der Waals surface area contributed by atoms with Gasteiger partial charge >= 0.3 is 0 Å². The maximum absolute atomic E-state index is 5.28. The zero-order valence-electron chi connectivity index (χ0n) is 10.2. The molecule has 7 nitrogen and oxygen atoms in total. The van der Waals surface area contributed by atoms with E-state index in [2.05, 4.69) is 41.4 Å². The lowest BCUT2D eigenvalue weighted by atomic mass is 10.2. The van der Waals surface area contributed by atoms with Gasteiger partial charge in [-0.15, -0.1) is 0 Å². The van der Waals surface area contributed by atoms with Gasteiger partial charge in [-0.1, -0.05) is 0 Å². The molecular formula is C11H8BrN5O2S. The van der Waals surface area contributed by atoms with Crippen LogP contribution in [0.3, 0.4) is 0 Å². The van der Waals surface area contributed by atoms with Crippen LogP contribution in [0.25, 0.3) is 10.9 Å². The van der Waals surface area contributed by atoms with E-state index in [0.29, 0.717) is 16.7 Å². The Morgan fingerprint density at radius 3 is 2.75 bits per heavy atom. The first-order valence-electron chi connectivity index (χ1n) is 5.46. The summed E-state index contributed by atoms with van der Waals surface area (Å²) < 4.78 is 10.4. The Balaban J connectivity index is 2.13. The highest BCUT2D eigenvalue weighted by Gasteiger charge is 2.13. The molecule has 0 fully saturated rings. The van der Waals surface area contributed by atoms with E-state index in [1.807, 2.05) is 6.07 Å². The number of nitrogens with zero attached hydrogens (tertiary/aromatic N) is 4. The van der Waals surface area contributed by atoms with Gasteiger partial charge in [0.15, 0.2) is 32.9 Å². The number of hydrogen-bond donors (Lipinski definition) is 1. The van der Waals surface area contributed by atoms with Crippen molar-refractivity contribution >= 4 is 38.9 Å². The van der Waals surface area contributed by atoms with Gasteiger partial charge in [-0.2, -0.15) is 5.10 Å². The molecule has 20 heavy (non-hydrogen) atoms. The second-order valence-corrected chi connectivity index (χ2v) is 4.97. The summed E-state index contributed by atoms with van der Waals surface area (Å²) in [6.45, 7) is 0. The van der Waals surface area contributed by atoms with Crippen LogP contribution in [0.15, 0.2) is 35.0 Å². The predicted octanol–water partition coefficient (Wildman–Crippen LogP) is 2.60. The van der Waals surface area contributed by atoms with Gasteiger partial charge in [0.2, 0.25) is 0 Å². The number of rotatable bonds is 4. The number of aromatic nitrogens is 5. The summed E-state index contributed by atoms with van der Waals surface area (Å²) in [5.74, 6) is 1.14. The molecule has 3 aromatic rings. The Hall–Kier alpha value is -1.87. The molecule has 0 bridgehead atoms. The summed E-state index contributed by atoms with van der Waals surface area (Å²) >= 11 is 4.32. The van der Waals surface area contributed by atoms with Crippen LogP contribution in [0.4, 0.5) is 0 Å². The molecule has 102 valence electrons. The van der Waals surface area contributed by atoms with Gasteiger partial charge in [-0.05, 0) is 17.8 Å². The molecule has 0 aliphatic heterocycles. The first-order valence-corrected chi connectivity index (χ1v) is 6.92. The smallest absolute Gasteiger partial charge is 0.189 e. The number of hydrogen-bond acceptors (Lipinski definition) is 7. The van der Waals surface area contributed by atoms with Crippen LogP contribution in [0.2, 0.25) is 0 Å². The molecular weight excluding hydrogens is 346 g/mol. The summed E-state index contributed by atoms with van der Waals surface area (Å²) in [4.78, 5) is 12.6. The lowest BCUT2D eigenvalue weighted by molar-refractivity contribution is 0.402. The molecule has 0 radical (unpaired) electrons. The summed E-state index contributed by atoms with van der Waals surface area (Å²) in [5, 5.41) is 8.85. The molecule has 9 heteroatoms. The van der Waals surface area contributed by atoms with E-state index in [1.165, 1.54) is 24.4 Å². The van der Waals surface area contributed by atoms with Crippen molar-refractivity contribution in [3.8, 4) is 11.5 Å².